The van der Waals surface area contributed by atoms with E-state index >= 15 is 0 Å². The van der Waals surface area contributed by atoms with Crippen LogP contribution in [0.2, 0.25) is 5.15 Å². The molecule has 0 bridgehead atoms. The van der Waals surface area contributed by atoms with E-state index < -0.39 is 0 Å². The molecule has 2 aromatic heterocycles. The number of amides is 1. The van der Waals surface area contributed by atoms with Crippen LogP contribution in [0.1, 0.15) is 21.7 Å². The maximum Gasteiger partial charge on any atom is 0.255 e. The van der Waals surface area contributed by atoms with Crippen LogP contribution in [-0.2, 0) is 0 Å². The van der Waals surface area contributed by atoms with Gasteiger partial charge in [-0.3, -0.25) is 4.79 Å². The Kier molecular flexibility index (Phi) is 4.12. The molecule has 2 heterocycles. The normalized spacial score (nSPS) is 10.6. The minimum absolute atomic E-state index is 0.242. The first-order valence-corrected chi connectivity index (χ1v) is 7.48. The Bertz CT molecular complexity index is 858. The molecule has 0 spiro atoms. The van der Waals surface area contributed by atoms with Gasteiger partial charge in [-0.15, -0.1) is 0 Å². The largest absolute Gasteiger partial charge is 0.319 e. The molecule has 23 heavy (non-hydrogen) atoms. The molecule has 5 nitrogen and oxygen atoms in total. The van der Waals surface area contributed by atoms with E-state index in [4.69, 9.17) is 11.6 Å². The zero-order valence-electron chi connectivity index (χ0n) is 12.7. The number of hydrogen-bond acceptors (Lipinski definition) is 3. The van der Waals surface area contributed by atoms with Gasteiger partial charge >= 0.3 is 0 Å². The smallest absolute Gasteiger partial charge is 0.255 e. The van der Waals surface area contributed by atoms with Crippen LogP contribution in [0.25, 0.3) is 5.69 Å². The Labute approximate surface area is 138 Å². The predicted octanol–water partition coefficient (Wildman–Crippen LogP) is 3.79. The lowest BCUT2D eigenvalue weighted by Crippen LogP contribution is -2.13. The van der Waals surface area contributed by atoms with Crippen LogP contribution in [0.4, 0.5) is 5.69 Å². The minimum atomic E-state index is -0.242. The zero-order valence-corrected chi connectivity index (χ0v) is 13.5. The summed E-state index contributed by atoms with van der Waals surface area (Å²) in [6, 6.07) is 12.9. The van der Waals surface area contributed by atoms with E-state index in [1.54, 1.807) is 6.07 Å². The molecule has 3 aromatic rings. The van der Waals surface area contributed by atoms with Crippen LogP contribution in [0, 0.1) is 13.8 Å². The summed E-state index contributed by atoms with van der Waals surface area (Å²) in [6.07, 6.45) is 1.50. The molecule has 0 atom stereocenters. The van der Waals surface area contributed by atoms with Crippen molar-refractivity contribution in [3.63, 3.8) is 0 Å². The molecule has 0 aliphatic rings. The van der Waals surface area contributed by atoms with E-state index in [2.05, 4.69) is 15.4 Å². The summed E-state index contributed by atoms with van der Waals surface area (Å²) in [4.78, 5) is 16.3. The molecule has 0 aliphatic carbocycles. The predicted molar refractivity (Wildman–Crippen MR) is 90.2 cm³/mol. The van der Waals surface area contributed by atoms with Gasteiger partial charge in [-0.2, -0.15) is 5.10 Å². The number of nitrogens with one attached hydrogen (secondary N) is 1. The van der Waals surface area contributed by atoms with Crippen molar-refractivity contribution < 1.29 is 4.79 Å². The Morgan fingerprint density at radius 3 is 2.61 bits per heavy atom. The molecule has 0 saturated heterocycles. The lowest BCUT2D eigenvalue weighted by molar-refractivity contribution is 0.102. The van der Waals surface area contributed by atoms with Crippen molar-refractivity contribution in [1.82, 2.24) is 14.8 Å². The number of anilines is 1. The van der Waals surface area contributed by atoms with Crippen LogP contribution in [0.5, 0.6) is 0 Å². The van der Waals surface area contributed by atoms with Crippen molar-refractivity contribution in [3.8, 4) is 5.69 Å². The van der Waals surface area contributed by atoms with Crippen molar-refractivity contribution in [2.24, 2.45) is 0 Å². The lowest BCUT2D eigenvalue weighted by Gasteiger charge is -2.07. The molecular weight excluding hydrogens is 312 g/mol. The SMILES string of the molecule is Cc1nn(-c2ccccc2)c(C)c1NC(=O)c1ccnc(Cl)c1. The third-order valence-corrected chi connectivity index (χ3v) is 3.73. The van der Waals surface area contributed by atoms with Gasteiger partial charge in [0.05, 0.1) is 22.8 Å². The van der Waals surface area contributed by atoms with Gasteiger partial charge < -0.3 is 5.32 Å². The molecule has 6 heteroatoms. The van der Waals surface area contributed by atoms with E-state index in [-0.39, 0.29) is 11.1 Å². The van der Waals surface area contributed by atoms with Crippen LogP contribution in [0.15, 0.2) is 48.7 Å². The molecule has 0 radical (unpaired) electrons. The fraction of sp³-hybridized carbons (Fsp3) is 0.118. The Morgan fingerprint density at radius 2 is 1.91 bits per heavy atom. The number of carbonyl (C=O) groups excluding carboxylic acids is 1. The van der Waals surface area contributed by atoms with Crippen molar-refractivity contribution in [2.45, 2.75) is 13.8 Å². The van der Waals surface area contributed by atoms with Crippen molar-refractivity contribution in [1.29, 1.82) is 0 Å². The monoisotopic (exact) mass is 326 g/mol. The number of hydrogen-bond donors (Lipinski definition) is 1. The highest BCUT2D eigenvalue weighted by Crippen LogP contribution is 2.23. The summed E-state index contributed by atoms with van der Waals surface area (Å²) in [5, 5.41) is 7.70. The fourth-order valence-corrected chi connectivity index (χ4v) is 2.55. The van der Waals surface area contributed by atoms with Gasteiger partial charge in [-0.05, 0) is 38.1 Å². The number of carbonyl (C=O) groups is 1. The van der Waals surface area contributed by atoms with E-state index in [9.17, 15) is 4.79 Å². The number of para-hydroxylation sites is 1. The van der Waals surface area contributed by atoms with Gasteiger partial charge in [-0.25, -0.2) is 9.67 Å². The number of aromatic nitrogens is 3. The fourth-order valence-electron chi connectivity index (χ4n) is 2.37. The first-order valence-electron chi connectivity index (χ1n) is 7.11. The molecule has 0 saturated carbocycles. The van der Waals surface area contributed by atoms with Crippen molar-refractivity contribution >= 4 is 23.2 Å². The summed E-state index contributed by atoms with van der Waals surface area (Å²) < 4.78 is 1.81. The van der Waals surface area contributed by atoms with Gasteiger partial charge in [0.2, 0.25) is 0 Å². The van der Waals surface area contributed by atoms with E-state index in [0.717, 1.165) is 17.1 Å². The summed E-state index contributed by atoms with van der Waals surface area (Å²) in [5.41, 5.74) is 3.71. The molecule has 1 aromatic carbocycles. The summed E-state index contributed by atoms with van der Waals surface area (Å²) >= 11 is 5.83. The topological polar surface area (TPSA) is 59.8 Å². The second-order valence-corrected chi connectivity index (χ2v) is 5.50. The number of aryl methyl sites for hydroxylation is 1. The quantitative estimate of drug-likeness (QED) is 0.745. The van der Waals surface area contributed by atoms with E-state index in [1.807, 2.05) is 48.9 Å². The minimum Gasteiger partial charge on any atom is -0.319 e. The number of benzene rings is 1. The number of rotatable bonds is 3. The summed E-state index contributed by atoms with van der Waals surface area (Å²) in [7, 11) is 0. The highest BCUT2D eigenvalue weighted by molar-refractivity contribution is 6.29. The number of nitrogens with zero attached hydrogens (tertiary/aromatic N) is 3. The van der Waals surface area contributed by atoms with Gasteiger partial charge in [0.1, 0.15) is 5.15 Å². The Morgan fingerprint density at radius 1 is 1.17 bits per heavy atom. The molecule has 3 rings (SSSR count). The van der Waals surface area contributed by atoms with Crippen LogP contribution < -0.4 is 5.32 Å². The second kappa shape index (κ2) is 6.22. The average molecular weight is 327 g/mol. The first kappa shape index (κ1) is 15.2. The van der Waals surface area contributed by atoms with Crippen molar-refractivity contribution in [2.75, 3.05) is 5.32 Å². The van der Waals surface area contributed by atoms with E-state index in [0.29, 0.717) is 11.3 Å². The maximum absolute atomic E-state index is 12.4. The average Bonchev–Trinajstić information content (AvgIpc) is 2.84. The molecular formula is C17H15ClN4O. The van der Waals surface area contributed by atoms with Gasteiger partial charge in [0.25, 0.3) is 5.91 Å². The third kappa shape index (κ3) is 3.10. The van der Waals surface area contributed by atoms with Gasteiger partial charge in [-0.1, -0.05) is 29.8 Å². The van der Waals surface area contributed by atoms with Crippen LogP contribution in [-0.4, -0.2) is 20.7 Å². The maximum atomic E-state index is 12.4. The van der Waals surface area contributed by atoms with Gasteiger partial charge in [0.15, 0.2) is 0 Å². The molecule has 116 valence electrons. The standard InChI is InChI=1S/C17H15ClN4O/c1-11-16(20-17(23)13-8-9-19-15(18)10-13)12(2)22(21-11)14-6-4-3-5-7-14/h3-10H,1-2H3,(H,20,23). The molecule has 0 fully saturated rings. The van der Waals surface area contributed by atoms with Crippen LogP contribution >= 0.6 is 11.6 Å². The first-order chi connectivity index (χ1) is 11.1. The highest BCUT2D eigenvalue weighted by atomic mass is 35.5. The Hall–Kier alpha value is -2.66. The van der Waals surface area contributed by atoms with Gasteiger partial charge in [0, 0.05) is 11.8 Å². The highest BCUT2D eigenvalue weighted by Gasteiger charge is 2.16. The van der Waals surface area contributed by atoms with Crippen molar-refractivity contribution in [3.05, 3.63) is 70.8 Å². The molecule has 1 N–H and O–H groups in total. The Balaban J connectivity index is 1.92. The number of pyridine rings is 1. The molecule has 0 aliphatic heterocycles. The summed E-state index contributed by atoms with van der Waals surface area (Å²) in [6.45, 7) is 3.78. The lowest BCUT2D eigenvalue weighted by atomic mass is 10.2. The zero-order chi connectivity index (χ0) is 16.4. The molecule has 1 amide bonds. The second-order valence-electron chi connectivity index (χ2n) is 5.11. The van der Waals surface area contributed by atoms with Crippen LogP contribution in [0.3, 0.4) is 0 Å². The number of halogens is 1. The van der Waals surface area contributed by atoms with E-state index in [1.165, 1.54) is 12.3 Å². The third-order valence-electron chi connectivity index (χ3n) is 3.52. The molecule has 0 unspecified atom stereocenters. The summed E-state index contributed by atoms with van der Waals surface area (Å²) in [5.74, 6) is -0.242.